The second-order valence-corrected chi connectivity index (χ2v) is 18.4. The van der Waals surface area contributed by atoms with E-state index in [9.17, 15) is 0 Å². The molecule has 2 aromatic carbocycles. The minimum absolute atomic E-state index is 1.11. The first-order valence-electron chi connectivity index (χ1n) is 8.70. The Bertz CT molecular complexity index is 892. The van der Waals surface area contributed by atoms with Gasteiger partial charge in [-0.15, -0.1) is 0 Å². The van der Waals surface area contributed by atoms with Crippen LogP contribution >= 0.6 is 0 Å². The molecule has 0 amide bonds. The summed E-state index contributed by atoms with van der Waals surface area (Å²) in [6.07, 6.45) is 4.37. The zero-order valence-electron chi connectivity index (χ0n) is 14.6. The standard InChI is InChI=1S/C22H23GeN/c1-23(2,3)20-14-19-10-9-18-13-17(16-7-5-4-6-8-16)11-12-21(18)22(19)24-15-20/h4-8,11-15H,9-10H2,1-3H3. The van der Waals surface area contributed by atoms with Crippen molar-refractivity contribution in [1.29, 1.82) is 0 Å². The fraction of sp³-hybridized carbons (Fsp3) is 0.227. The average molecular weight is 374 g/mol. The summed E-state index contributed by atoms with van der Waals surface area (Å²) in [6.45, 7) is 0. The second kappa shape index (κ2) is 5.89. The monoisotopic (exact) mass is 375 g/mol. The number of hydrogen-bond acceptors (Lipinski definition) is 1. The summed E-state index contributed by atoms with van der Waals surface area (Å²) >= 11 is -1.81. The minimum atomic E-state index is -1.81. The van der Waals surface area contributed by atoms with E-state index >= 15 is 0 Å². The first-order valence-corrected chi connectivity index (χ1v) is 16.0. The van der Waals surface area contributed by atoms with Crippen molar-refractivity contribution in [2.75, 3.05) is 0 Å². The molecule has 0 N–H and O–H groups in total. The summed E-state index contributed by atoms with van der Waals surface area (Å²) in [5, 5.41) is 0. The zero-order chi connectivity index (χ0) is 16.7. The van der Waals surface area contributed by atoms with E-state index in [0.717, 1.165) is 12.8 Å². The normalized spacial score (nSPS) is 13.3. The van der Waals surface area contributed by atoms with Crippen LogP contribution in [0.3, 0.4) is 0 Å². The summed E-state index contributed by atoms with van der Waals surface area (Å²) in [5.41, 5.74) is 7.99. The summed E-state index contributed by atoms with van der Waals surface area (Å²) in [4.78, 5) is 4.88. The van der Waals surface area contributed by atoms with Crippen LogP contribution in [0.1, 0.15) is 11.1 Å². The predicted molar refractivity (Wildman–Crippen MR) is 105 cm³/mol. The second-order valence-electron chi connectivity index (χ2n) is 7.72. The molecule has 0 saturated heterocycles. The van der Waals surface area contributed by atoms with Gasteiger partial charge in [-0.25, -0.2) is 0 Å². The Kier molecular flexibility index (Phi) is 3.84. The van der Waals surface area contributed by atoms with Crippen molar-refractivity contribution in [2.24, 2.45) is 0 Å². The maximum atomic E-state index is 4.88. The molecular formula is C22H23GeN. The molecule has 0 radical (unpaired) electrons. The molecule has 4 rings (SSSR count). The van der Waals surface area contributed by atoms with Gasteiger partial charge in [0.2, 0.25) is 0 Å². The van der Waals surface area contributed by atoms with Crippen LogP contribution in [0, 0.1) is 0 Å². The van der Waals surface area contributed by atoms with Crippen LogP contribution in [0.25, 0.3) is 22.4 Å². The maximum absolute atomic E-state index is 4.88. The zero-order valence-corrected chi connectivity index (χ0v) is 16.7. The van der Waals surface area contributed by atoms with Crippen molar-refractivity contribution < 1.29 is 0 Å². The number of fused-ring (bicyclic) bond motifs is 3. The Hall–Kier alpha value is -1.87. The van der Waals surface area contributed by atoms with Gasteiger partial charge >= 0.3 is 147 Å². The Morgan fingerprint density at radius 1 is 0.792 bits per heavy atom. The third kappa shape index (κ3) is 2.82. The predicted octanol–water partition coefficient (Wildman–Crippen LogP) is 5.06. The van der Waals surface area contributed by atoms with Crippen molar-refractivity contribution >= 4 is 17.7 Å². The number of hydrogen-bond donors (Lipinski definition) is 0. The van der Waals surface area contributed by atoms with Gasteiger partial charge in [0.15, 0.2) is 0 Å². The van der Waals surface area contributed by atoms with E-state index in [2.05, 4.69) is 78.1 Å². The van der Waals surface area contributed by atoms with E-state index in [4.69, 9.17) is 4.98 Å². The summed E-state index contributed by atoms with van der Waals surface area (Å²) in [6, 6.07) is 19.9. The Morgan fingerprint density at radius 3 is 2.29 bits per heavy atom. The number of aromatic nitrogens is 1. The summed E-state index contributed by atoms with van der Waals surface area (Å²) in [5.74, 6) is 7.31. The third-order valence-corrected chi connectivity index (χ3v) is 9.17. The number of rotatable bonds is 2. The molecule has 24 heavy (non-hydrogen) atoms. The van der Waals surface area contributed by atoms with E-state index in [1.807, 2.05) is 0 Å². The molecule has 120 valence electrons. The number of aryl methyl sites for hydroxylation is 2. The quantitative estimate of drug-likeness (QED) is 0.572. The molecule has 1 aromatic heterocycles. The van der Waals surface area contributed by atoms with Crippen LogP contribution in [0.15, 0.2) is 60.8 Å². The van der Waals surface area contributed by atoms with Gasteiger partial charge in [0.25, 0.3) is 0 Å². The van der Waals surface area contributed by atoms with E-state index in [-0.39, 0.29) is 0 Å². The van der Waals surface area contributed by atoms with Crippen molar-refractivity contribution in [3.63, 3.8) is 0 Å². The number of benzene rings is 2. The van der Waals surface area contributed by atoms with Gasteiger partial charge < -0.3 is 0 Å². The van der Waals surface area contributed by atoms with E-state index < -0.39 is 13.3 Å². The molecule has 0 spiro atoms. The Morgan fingerprint density at radius 2 is 1.54 bits per heavy atom. The average Bonchev–Trinajstić information content (AvgIpc) is 2.60. The molecule has 3 aromatic rings. The Balaban J connectivity index is 1.77. The number of nitrogens with zero attached hydrogens (tertiary/aromatic N) is 1. The third-order valence-electron chi connectivity index (χ3n) is 4.96. The van der Waals surface area contributed by atoms with Gasteiger partial charge in [-0.3, -0.25) is 0 Å². The first-order chi connectivity index (χ1) is 11.5. The van der Waals surface area contributed by atoms with Gasteiger partial charge in [0, 0.05) is 0 Å². The molecule has 0 unspecified atom stereocenters. The molecule has 1 aliphatic carbocycles. The molecule has 0 fully saturated rings. The van der Waals surface area contributed by atoms with Crippen molar-refractivity contribution in [3.8, 4) is 22.4 Å². The molecule has 2 heteroatoms. The van der Waals surface area contributed by atoms with Crippen LogP contribution in [-0.4, -0.2) is 18.3 Å². The van der Waals surface area contributed by atoms with Crippen molar-refractivity contribution in [3.05, 3.63) is 71.9 Å². The molecule has 0 bridgehead atoms. The SMILES string of the molecule is [CH3][Ge]([CH3])([CH3])[c]1cnc2c(c1)CCc1cc(-c3ccccc3)ccc1-2. The Labute approximate surface area is 147 Å². The summed E-state index contributed by atoms with van der Waals surface area (Å²) in [7, 11) is 0. The van der Waals surface area contributed by atoms with E-state index in [0.29, 0.717) is 0 Å². The molecular weight excluding hydrogens is 351 g/mol. The van der Waals surface area contributed by atoms with Gasteiger partial charge in [-0.05, 0) is 0 Å². The topological polar surface area (TPSA) is 12.9 Å². The van der Waals surface area contributed by atoms with Crippen LogP contribution < -0.4 is 4.40 Å². The van der Waals surface area contributed by atoms with Gasteiger partial charge in [0.05, 0.1) is 0 Å². The van der Waals surface area contributed by atoms with Crippen LogP contribution in [0.5, 0.6) is 0 Å². The van der Waals surface area contributed by atoms with E-state index in [1.165, 1.54) is 37.9 Å². The molecule has 0 aliphatic heterocycles. The molecule has 1 aliphatic rings. The first kappa shape index (κ1) is 15.6. The van der Waals surface area contributed by atoms with Gasteiger partial charge in [-0.2, -0.15) is 0 Å². The molecule has 1 heterocycles. The molecule has 1 nitrogen and oxygen atoms in total. The van der Waals surface area contributed by atoms with Crippen LogP contribution in [0.2, 0.25) is 17.3 Å². The molecule has 0 atom stereocenters. The number of pyridine rings is 1. The fourth-order valence-corrected chi connectivity index (χ4v) is 5.69. The van der Waals surface area contributed by atoms with Crippen LogP contribution in [0.4, 0.5) is 0 Å². The van der Waals surface area contributed by atoms with Gasteiger partial charge in [0.1, 0.15) is 0 Å². The fourth-order valence-electron chi connectivity index (χ4n) is 3.46. The van der Waals surface area contributed by atoms with Crippen LogP contribution in [-0.2, 0) is 12.8 Å². The van der Waals surface area contributed by atoms with E-state index in [1.54, 1.807) is 0 Å². The summed E-state index contributed by atoms with van der Waals surface area (Å²) < 4.78 is 1.51. The molecule has 0 saturated carbocycles. The van der Waals surface area contributed by atoms with Crippen molar-refractivity contribution in [1.82, 2.24) is 4.98 Å². The van der Waals surface area contributed by atoms with Gasteiger partial charge in [-0.1, -0.05) is 0 Å². The van der Waals surface area contributed by atoms with Crippen molar-refractivity contribution in [2.45, 2.75) is 30.1 Å².